The van der Waals surface area contributed by atoms with Crippen molar-refractivity contribution in [2.75, 3.05) is 6.54 Å². The fourth-order valence-corrected chi connectivity index (χ4v) is 2.38. The summed E-state index contributed by atoms with van der Waals surface area (Å²) in [6, 6.07) is -0.452. The minimum absolute atomic E-state index is 0.439. The number of nitrogens with two attached hydrogens (primary N) is 1. The Labute approximate surface area is 96.2 Å². The third-order valence-corrected chi connectivity index (χ3v) is 3.46. The van der Waals surface area contributed by atoms with E-state index in [4.69, 9.17) is 5.73 Å². The molecule has 0 aromatic heterocycles. The molecule has 0 spiro atoms. The number of aliphatic hydroxyl groups is 1. The smallest absolute Gasteiger partial charge is 0.230 e. The number of hydrogen-bond donors (Lipinski definition) is 2. The van der Waals surface area contributed by atoms with Crippen LogP contribution >= 0.6 is 0 Å². The highest BCUT2D eigenvalue weighted by Gasteiger charge is 2.22. The average molecular weight is 230 g/mol. The Morgan fingerprint density at radius 3 is 2.56 bits per heavy atom. The zero-order chi connectivity index (χ0) is 12.0. The van der Waals surface area contributed by atoms with Crippen molar-refractivity contribution in [3.63, 3.8) is 0 Å². The molecule has 0 bridgehead atoms. The second-order valence-electron chi connectivity index (χ2n) is 4.83. The number of nitro groups is 1. The summed E-state index contributed by atoms with van der Waals surface area (Å²) in [5, 5.41) is 19.7. The Bertz CT molecular complexity index is 217. The molecule has 0 amide bonds. The van der Waals surface area contributed by atoms with Crippen LogP contribution in [0.25, 0.3) is 0 Å². The molecule has 1 aliphatic rings. The number of nitrogens with zero attached hydrogens (tertiary/aromatic N) is 1. The summed E-state index contributed by atoms with van der Waals surface area (Å²) >= 11 is 0. The van der Waals surface area contributed by atoms with Crippen LogP contribution in [0.4, 0.5) is 0 Å². The minimum Gasteiger partial charge on any atom is -0.385 e. The highest BCUT2D eigenvalue weighted by molar-refractivity contribution is 4.74. The molecule has 16 heavy (non-hydrogen) atoms. The van der Waals surface area contributed by atoms with E-state index in [9.17, 15) is 15.2 Å². The lowest BCUT2D eigenvalue weighted by atomic mass is 9.85. The van der Waals surface area contributed by atoms with Crippen LogP contribution in [-0.2, 0) is 0 Å². The van der Waals surface area contributed by atoms with Crippen molar-refractivity contribution in [2.24, 2.45) is 11.7 Å². The van der Waals surface area contributed by atoms with Gasteiger partial charge in [-0.1, -0.05) is 32.1 Å². The van der Waals surface area contributed by atoms with Gasteiger partial charge in [0.2, 0.25) is 6.54 Å². The van der Waals surface area contributed by atoms with Crippen molar-refractivity contribution in [1.82, 2.24) is 0 Å². The molecule has 0 aromatic rings. The number of aliphatic hydroxyl groups excluding tert-OH is 1. The molecule has 1 rings (SSSR count). The van der Waals surface area contributed by atoms with Crippen molar-refractivity contribution in [2.45, 2.75) is 57.1 Å². The van der Waals surface area contributed by atoms with E-state index in [2.05, 4.69) is 0 Å². The molecule has 94 valence electrons. The first kappa shape index (κ1) is 13.4. The molecular formula is C11H22N2O3. The van der Waals surface area contributed by atoms with Crippen LogP contribution in [-0.4, -0.2) is 28.7 Å². The molecule has 3 N–H and O–H groups in total. The maximum atomic E-state index is 10.2. The van der Waals surface area contributed by atoms with E-state index in [1.54, 1.807) is 0 Å². The fraction of sp³-hybridized carbons (Fsp3) is 1.00. The maximum absolute atomic E-state index is 10.2. The highest BCUT2D eigenvalue weighted by Crippen LogP contribution is 2.27. The van der Waals surface area contributed by atoms with E-state index in [1.807, 2.05) is 0 Å². The quantitative estimate of drug-likeness (QED) is 0.532. The number of hydrogen-bond acceptors (Lipinski definition) is 4. The Hall–Kier alpha value is -0.680. The molecular weight excluding hydrogens is 208 g/mol. The lowest BCUT2D eigenvalue weighted by Crippen LogP contribution is -2.39. The van der Waals surface area contributed by atoms with Crippen LogP contribution in [0.15, 0.2) is 0 Å². The van der Waals surface area contributed by atoms with Gasteiger partial charge >= 0.3 is 0 Å². The Balaban J connectivity index is 2.17. The summed E-state index contributed by atoms with van der Waals surface area (Å²) in [7, 11) is 0. The molecule has 2 atom stereocenters. The molecule has 1 aliphatic carbocycles. The lowest BCUT2D eigenvalue weighted by molar-refractivity contribution is -0.491. The summed E-state index contributed by atoms with van der Waals surface area (Å²) in [4.78, 5) is 9.70. The third kappa shape index (κ3) is 4.90. The van der Waals surface area contributed by atoms with Crippen molar-refractivity contribution in [3.05, 3.63) is 10.1 Å². The highest BCUT2D eigenvalue weighted by atomic mass is 16.6. The van der Waals surface area contributed by atoms with Gasteiger partial charge < -0.3 is 10.8 Å². The van der Waals surface area contributed by atoms with Crippen LogP contribution in [0, 0.1) is 16.0 Å². The van der Waals surface area contributed by atoms with Gasteiger partial charge in [0.05, 0.1) is 0 Å². The van der Waals surface area contributed by atoms with E-state index < -0.39 is 23.6 Å². The molecule has 1 fully saturated rings. The standard InChI is InChI=1S/C11H22N2O3/c12-10(11(14)8-13(15)16)7-6-9-4-2-1-3-5-9/h9-11,14H,1-8,12H2/t10-,11+/m1/s1. The zero-order valence-electron chi connectivity index (χ0n) is 9.68. The Kier molecular flexibility index (Phi) is 5.69. The summed E-state index contributed by atoms with van der Waals surface area (Å²) in [5.41, 5.74) is 5.73. The predicted molar refractivity (Wildman–Crippen MR) is 61.7 cm³/mol. The topological polar surface area (TPSA) is 89.4 Å². The second-order valence-corrected chi connectivity index (χ2v) is 4.83. The molecule has 1 saturated carbocycles. The first-order valence-electron chi connectivity index (χ1n) is 6.15. The normalized spacial score (nSPS) is 21.6. The largest absolute Gasteiger partial charge is 0.385 e. The van der Waals surface area contributed by atoms with Gasteiger partial charge in [0.1, 0.15) is 6.10 Å². The van der Waals surface area contributed by atoms with Crippen LogP contribution in [0.3, 0.4) is 0 Å². The van der Waals surface area contributed by atoms with E-state index in [1.165, 1.54) is 32.1 Å². The molecule has 5 nitrogen and oxygen atoms in total. The molecule has 5 heteroatoms. The van der Waals surface area contributed by atoms with E-state index in [0.717, 1.165) is 6.42 Å². The van der Waals surface area contributed by atoms with Gasteiger partial charge in [-0.3, -0.25) is 10.1 Å². The molecule has 0 unspecified atom stereocenters. The van der Waals surface area contributed by atoms with E-state index >= 15 is 0 Å². The summed E-state index contributed by atoms with van der Waals surface area (Å²) in [6.45, 7) is -0.439. The first-order chi connectivity index (χ1) is 7.59. The van der Waals surface area contributed by atoms with Crippen LogP contribution < -0.4 is 5.73 Å². The van der Waals surface area contributed by atoms with Crippen molar-refractivity contribution in [1.29, 1.82) is 0 Å². The molecule has 0 aromatic carbocycles. The fourth-order valence-electron chi connectivity index (χ4n) is 2.38. The Morgan fingerprint density at radius 2 is 2.00 bits per heavy atom. The molecule has 0 radical (unpaired) electrons. The van der Waals surface area contributed by atoms with Gasteiger partial charge in [0.15, 0.2) is 0 Å². The summed E-state index contributed by atoms with van der Waals surface area (Å²) in [5.74, 6) is 0.711. The molecule has 0 aliphatic heterocycles. The third-order valence-electron chi connectivity index (χ3n) is 3.46. The maximum Gasteiger partial charge on any atom is 0.230 e. The van der Waals surface area contributed by atoms with Gasteiger partial charge in [0.25, 0.3) is 0 Å². The van der Waals surface area contributed by atoms with Crippen molar-refractivity contribution >= 4 is 0 Å². The van der Waals surface area contributed by atoms with Crippen LogP contribution in [0.5, 0.6) is 0 Å². The summed E-state index contributed by atoms with van der Waals surface area (Å²) in [6.07, 6.45) is 7.09. The predicted octanol–water partition coefficient (Wildman–Crippen LogP) is 1.31. The molecule has 0 heterocycles. The van der Waals surface area contributed by atoms with Crippen molar-refractivity contribution in [3.8, 4) is 0 Å². The van der Waals surface area contributed by atoms with Gasteiger partial charge in [-0.25, -0.2) is 0 Å². The monoisotopic (exact) mass is 230 g/mol. The van der Waals surface area contributed by atoms with Gasteiger partial charge in [-0.2, -0.15) is 0 Å². The Morgan fingerprint density at radius 1 is 1.38 bits per heavy atom. The van der Waals surface area contributed by atoms with E-state index in [0.29, 0.717) is 12.3 Å². The average Bonchev–Trinajstić information content (AvgIpc) is 2.26. The lowest BCUT2D eigenvalue weighted by Gasteiger charge is -2.23. The van der Waals surface area contributed by atoms with E-state index in [-0.39, 0.29) is 0 Å². The molecule has 0 saturated heterocycles. The van der Waals surface area contributed by atoms with Gasteiger partial charge in [-0.15, -0.1) is 0 Å². The number of rotatable bonds is 6. The van der Waals surface area contributed by atoms with Crippen molar-refractivity contribution < 1.29 is 10.0 Å². The zero-order valence-corrected chi connectivity index (χ0v) is 9.68. The van der Waals surface area contributed by atoms with Gasteiger partial charge in [0, 0.05) is 11.0 Å². The van der Waals surface area contributed by atoms with Crippen LogP contribution in [0.2, 0.25) is 0 Å². The second kappa shape index (κ2) is 6.81. The first-order valence-corrected chi connectivity index (χ1v) is 6.15. The van der Waals surface area contributed by atoms with Crippen LogP contribution in [0.1, 0.15) is 44.9 Å². The van der Waals surface area contributed by atoms with Gasteiger partial charge in [-0.05, 0) is 18.8 Å². The minimum atomic E-state index is -1.00. The summed E-state index contributed by atoms with van der Waals surface area (Å²) < 4.78 is 0. The SMILES string of the molecule is N[C@H](CCC1CCCCC1)[C@@H](O)C[N+](=O)[O-].